The van der Waals surface area contributed by atoms with E-state index >= 15 is 0 Å². The van der Waals surface area contributed by atoms with Crippen LogP contribution in [0.1, 0.15) is 17.4 Å². The standard InChI is InChI=1S/C15H12N4O3/c1-10(21)16-11-4-2-5-12(8-11)19-15(13(9-20)17-18-19)14-6-3-7-22-14/h2-9H,1H3,(H,16,21). The molecular formula is C15H12N4O3. The monoisotopic (exact) mass is 296 g/mol. The molecule has 22 heavy (non-hydrogen) atoms. The normalized spacial score (nSPS) is 10.4. The fourth-order valence-electron chi connectivity index (χ4n) is 2.12. The van der Waals surface area contributed by atoms with Crippen LogP contribution in [0.3, 0.4) is 0 Å². The van der Waals surface area contributed by atoms with E-state index < -0.39 is 0 Å². The van der Waals surface area contributed by atoms with Crippen LogP contribution in [0.2, 0.25) is 0 Å². The van der Waals surface area contributed by atoms with Gasteiger partial charge >= 0.3 is 0 Å². The molecule has 110 valence electrons. The summed E-state index contributed by atoms with van der Waals surface area (Å²) in [5.74, 6) is 0.313. The number of benzene rings is 1. The van der Waals surface area contributed by atoms with Crippen molar-refractivity contribution in [2.75, 3.05) is 5.32 Å². The van der Waals surface area contributed by atoms with Crippen LogP contribution in [-0.2, 0) is 4.79 Å². The number of rotatable bonds is 4. The average molecular weight is 296 g/mol. The van der Waals surface area contributed by atoms with Gasteiger partial charge in [-0.15, -0.1) is 5.10 Å². The first-order chi connectivity index (χ1) is 10.7. The summed E-state index contributed by atoms with van der Waals surface area (Å²) in [7, 11) is 0. The summed E-state index contributed by atoms with van der Waals surface area (Å²) < 4.78 is 6.84. The van der Waals surface area contributed by atoms with Gasteiger partial charge < -0.3 is 9.73 Å². The Hall–Kier alpha value is -3.22. The number of carbonyl (C=O) groups is 2. The van der Waals surface area contributed by atoms with Crippen LogP contribution in [0.5, 0.6) is 0 Å². The molecule has 2 heterocycles. The van der Waals surface area contributed by atoms with E-state index in [2.05, 4.69) is 15.6 Å². The van der Waals surface area contributed by atoms with Gasteiger partial charge in [0.25, 0.3) is 0 Å². The van der Waals surface area contributed by atoms with Crippen molar-refractivity contribution in [3.05, 3.63) is 48.4 Å². The summed E-state index contributed by atoms with van der Waals surface area (Å²) in [5.41, 5.74) is 1.91. The highest BCUT2D eigenvalue weighted by Crippen LogP contribution is 2.25. The zero-order valence-corrected chi connectivity index (χ0v) is 11.7. The quantitative estimate of drug-likeness (QED) is 0.746. The second-order valence-electron chi connectivity index (χ2n) is 4.56. The molecule has 0 radical (unpaired) electrons. The molecule has 0 atom stereocenters. The van der Waals surface area contributed by atoms with Crippen molar-refractivity contribution in [3.63, 3.8) is 0 Å². The van der Waals surface area contributed by atoms with Gasteiger partial charge in [-0.05, 0) is 30.3 Å². The minimum Gasteiger partial charge on any atom is -0.463 e. The van der Waals surface area contributed by atoms with E-state index in [1.807, 2.05) is 0 Å². The van der Waals surface area contributed by atoms with Crippen LogP contribution < -0.4 is 5.32 Å². The van der Waals surface area contributed by atoms with Crippen molar-refractivity contribution in [2.45, 2.75) is 6.92 Å². The fraction of sp³-hybridized carbons (Fsp3) is 0.0667. The number of anilines is 1. The largest absolute Gasteiger partial charge is 0.463 e. The first kappa shape index (κ1) is 13.7. The summed E-state index contributed by atoms with van der Waals surface area (Å²) in [6, 6.07) is 10.5. The molecule has 7 nitrogen and oxygen atoms in total. The SMILES string of the molecule is CC(=O)Nc1cccc(-n2nnc(C=O)c2-c2ccco2)c1. The van der Waals surface area contributed by atoms with E-state index in [-0.39, 0.29) is 11.6 Å². The van der Waals surface area contributed by atoms with Gasteiger partial charge in [-0.25, -0.2) is 4.68 Å². The van der Waals surface area contributed by atoms with Crippen molar-refractivity contribution >= 4 is 17.9 Å². The first-order valence-electron chi connectivity index (χ1n) is 6.52. The zero-order valence-electron chi connectivity index (χ0n) is 11.7. The Labute approximate surface area is 125 Å². The zero-order chi connectivity index (χ0) is 15.5. The van der Waals surface area contributed by atoms with E-state index in [9.17, 15) is 9.59 Å². The Bertz CT molecular complexity index is 821. The summed E-state index contributed by atoms with van der Waals surface area (Å²) in [6.45, 7) is 1.43. The highest BCUT2D eigenvalue weighted by Gasteiger charge is 2.18. The third-order valence-corrected chi connectivity index (χ3v) is 2.97. The number of aromatic nitrogens is 3. The van der Waals surface area contributed by atoms with Crippen LogP contribution in [-0.4, -0.2) is 27.2 Å². The summed E-state index contributed by atoms with van der Waals surface area (Å²) in [5, 5.41) is 10.5. The number of nitrogens with zero attached hydrogens (tertiary/aromatic N) is 3. The lowest BCUT2D eigenvalue weighted by atomic mass is 10.2. The smallest absolute Gasteiger partial charge is 0.221 e. The van der Waals surface area contributed by atoms with Gasteiger partial charge in [0.2, 0.25) is 5.91 Å². The van der Waals surface area contributed by atoms with Crippen LogP contribution in [0.15, 0.2) is 47.1 Å². The van der Waals surface area contributed by atoms with Gasteiger partial charge in [-0.1, -0.05) is 11.3 Å². The molecule has 0 aliphatic carbocycles. The number of amides is 1. The summed E-state index contributed by atoms with van der Waals surface area (Å²) in [6.07, 6.45) is 2.13. The number of hydrogen-bond donors (Lipinski definition) is 1. The number of nitrogens with one attached hydrogen (secondary N) is 1. The Morgan fingerprint density at radius 3 is 2.86 bits per heavy atom. The van der Waals surface area contributed by atoms with Crippen molar-refractivity contribution in [1.82, 2.24) is 15.0 Å². The Morgan fingerprint density at radius 1 is 1.32 bits per heavy atom. The lowest BCUT2D eigenvalue weighted by Crippen LogP contribution is -2.07. The summed E-state index contributed by atoms with van der Waals surface area (Å²) >= 11 is 0. The van der Waals surface area contributed by atoms with Gasteiger partial charge in [0, 0.05) is 12.6 Å². The second kappa shape index (κ2) is 5.65. The van der Waals surface area contributed by atoms with Gasteiger partial charge in [-0.3, -0.25) is 9.59 Å². The summed E-state index contributed by atoms with van der Waals surface area (Å²) in [4.78, 5) is 22.3. The minimum atomic E-state index is -0.171. The molecule has 0 spiro atoms. The van der Waals surface area contributed by atoms with Crippen molar-refractivity contribution in [1.29, 1.82) is 0 Å². The maximum absolute atomic E-state index is 11.2. The van der Waals surface area contributed by atoms with Crippen LogP contribution in [0.25, 0.3) is 17.1 Å². The number of aldehydes is 1. The van der Waals surface area contributed by atoms with Gasteiger partial charge in [0.05, 0.1) is 12.0 Å². The molecule has 0 saturated heterocycles. The number of carbonyl (C=O) groups excluding carboxylic acids is 2. The van der Waals surface area contributed by atoms with E-state index in [0.29, 0.717) is 29.1 Å². The molecular weight excluding hydrogens is 284 g/mol. The third-order valence-electron chi connectivity index (χ3n) is 2.97. The minimum absolute atomic E-state index is 0.171. The van der Waals surface area contributed by atoms with Gasteiger partial charge in [0.1, 0.15) is 5.69 Å². The molecule has 3 aromatic rings. The molecule has 0 fully saturated rings. The molecule has 0 unspecified atom stereocenters. The number of furan rings is 1. The fourth-order valence-corrected chi connectivity index (χ4v) is 2.12. The lowest BCUT2D eigenvalue weighted by Gasteiger charge is -2.07. The molecule has 1 N–H and O–H groups in total. The Balaban J connectivity index is 2.11. The van der Waals surface area contributed by atoms with Crippen molar-refractivity contribution in [2.24, 2.45) is 0 Å². The Morgan fingerprint density at radius 2 is 2.18 bits per heavy atom. The molecule has 3 rings (SSSR count). The molecule has 2 aromatic heterocycles. The third kappa shape index (κ3) is 2.51. The molecule has 0 saturated carbocycles. The van der Waals surface area contributed by atoms with Crippen molar-refractivity contribution in [3.8, 4) is 17.1 Å². The van der Waals surface area contributed by atoms with Crippen LogP contribution in [0, 0.1) is 0 Å². The molecule has 0 aliphatic heterocycles. The average Bonchev–Trinajstić information content (AvgIpc) is 3.15. The highest BCUT2D eigenvalue weighted by atomic mass is 16.3. The predicted octanol–water partition coefficient (Wildman–Crippen LogP) is 2.30. The Kier molecular flexibility index (Phi) is 3.53. The maximum Gasteiger partial charge on any atom is 0.221 e. The topological polar surface area (TPSA) is 90.0 Å². The van der Waals surface area contributed by atoms with Crippen LogP contribution >= 0.6 is 0 Å². The molecule has 1 aromatic carbocycles. The van der Waals surface area contributed by atoms with Gasteiger partial charge in [-0.2, -0.15) is 0 Å². The molecule has 7 heteroatoms. The van der Waals surface area contributed by atoms with Crippen LogP contribution in [0.4, 0.5) is 5.69 Å². The van der Waals surface area contributed by atoms with Crippen molar-refractivity contribution < 1.29 is 14.0 Å². The molecule has 0 bridgehead atoms. The predicted molar refractivity (Wildman–Crippen MR) is 78.8 cm³/mol. The van der Waals surface area contributed by atoms with E-state index in [0.717, 1.165) is 0 Å². The van der Waals surface area contributed by atoms with E-state index in [4.69, 9.17) is 4.42 Å². The van der Waals surface area contributed by atoms with E-state index in [1.54, 1.807) is 36.4 Å². The molecule has 0 aliphatic rings. The van der Waals surface area contributed by atoms with E-state index in [1.165, 1.54) is 17.9 Å². The second-order valence-corrected chi connectivity index (χ2v) is 4.56. The number of hydrogen-bond acceptors (Lipinski definition) is 5. The lowest BCUT2D eigenvalue weighted by molar-refractivity contribution is -0.114. The first-order valence-corrected chi connectivity index (χ1v) is 6.52. The van der Waals surface area contributed by atoms with Gasteiger partial charge in [0.15, 0.2) is 17.7 Å². The molecule has 1 amide bonds. The highest BCUT2D eigenvalue weighted by molar-refractivity contribution is 5.89. The maximum atomic E-state index is 11.2.